The van der Waals surface area contributed by atoms with Gasteiger partial charge in [0.1, 0.15) is 0 Å². The monoisotopic (exact) mass is 367 g/mol. The minimum atomic E-state index is -0.526. The van der Waals surface area contributed by atoms with E-state index < -0.39 is 4.92 Å². The first kappa shape index (κ1) is 15.3. The zero-order valence-electron chi connectivity index (χ0n) is 10.6. The van der Waals surface area contributed by atoms with E-state index in [2.05, 4.69) is 21.1 Å². The SMILES string of the molecule is NC(=NO)c1cc([N+](=O)[O-])ccc1Sc1cccc(Br)c1. The fourth-order valence-corrected chi connectivity index (χ4v) is 3.18. The number of nitro groups is 1. The molecule has 0 bridgehead atoms. The van der Waals surface area contributed by atoms with Crippen molar-refractivity contribution in [2.45, 2.75) is 9.79 Å². The molecule has 0 saturated carbocycles. The lowest BCUT2D eigenvalue weighted by molar-refractivity contribution is -0.384. The van der Waals surface area contributed by atoms with E-state index in [0.29, 0.717) is 10.5 Å². The first-order chi connectivity index (χ1) is 10.0. The second-order valence-electron chi connectivity index (χ2n) is 3.98. The fourth-order valence-electron chi connectivity index (χ4n) is 1.63. The van der Waals surface area contributed by atoms with E-state index in [-0.39, 0.29) is 11.5 Å². The van der Waals surface area contributed by atoms with Crippen LogP contribution in [0.3, 0.4) is 0 Å². The molecule has 0 aliphatic heterocycles. The highest BCUT2D eigenvalue weighted by Crippen LogP contribution is 2.33. The second kappa shape index (κ2) is 6.59. The minimum absolute atomic E-state index is 0.116. The Morgan fingerprint density at radius 3 is 2.71 bits per heavy atom. The van der Waals surface area contributed by atoms with Crippen LogP contribution in [0.1, 0.15) is 5.56 Å². The molecule has 0 spiro atoms. The second-order valence-corrected chi connectivity index (χ2v) is 6.01. The molecule has 3 N–H and O–H groups in total. The summed E-state index contributed by atoms with van der Waals surface area (Å²) in [6.45, 7) is 0. The standard InChI is InChI=1S/C13H10BrN3O3S/c14-8-2-1-3-10(6-8)21-12-5-4-9(17(19)20)7-11(12)13(15)16-18/h1-7,18H,(H2,15,16). The van der Waals surface area contributed by atoms with Gasteiger partial charge in [0.2, 0.25) is 0 Å². The van der Waals surface area contributed by atoms with Gasteiger partial charge >= 0.3 is 0 Å². The Kier molecular flexibility index (Phi) is 4.81. The number of nitrogens with two attached hydrogens (primary N) is 1. The van der Waals surface area contributed by atoms with Crippen LogP contribution in [0.2, 0.25) is 0 Å². The molecule has 108 valence electrons. The summed E-state index contributed by atoms with van der Waals surface area (Å²) in [6, 6.07) is 11.8. The van der Waals surface area contributed by atoms with Crippen LogP contribution in [0.5, 0.6) is 0 Å². The zero-order valence-corrected chi connectivity index (χ0v) is 13.0. The van der Waals surface area contributed by atoms with Gasteiger partial charge in [0.15, 0.2) is 5.84 Å². The van der Waals surface area contributed by atoms with Crippen LogP contribution < -0.4 is 5.73 Å². The molecule has 0 aliphatic carbocycles. The van der Waals surface area contributed by atoms with Crippen molar-refractivity contribution in [3.63, 3.8) is 0 Å². The third-order valence-electron chi connectivity index (χ3n) is 2.58. The Balaban J connectivity index is 2.45. The quantitative estimate of drug-likeness (QED) is 0.282. The number of nitro benzene ring substituents is 1. The molecule has 0 amide bonds. The van der Waals surface area contributed by atoms with E-state index in [1.807, 2.05) is 24.3 Å². The third-order valence-corrected chi connectivity index (χ3v) is 4.14. The average molecular weight is 368 g/mol. The predicted octanol–water partition coefficient (Wildman–Crippen LogP) is 3.60. The Morgan fingerprint density at radius 1 is 1.33 bits per heavy atom. The summed E-state index contributed by atoms with van der Waals surface area (Å²) < 4.78 is 0.916. The van der Waals surface area contributed by atoms with Crippen molar-refractivity contribution < 1.29 is 10.1 Å². The van der Waals surface area contributed by atoms with Crippen LogP contribution in [0.25, 0.3) is 0 Å². The lowest BCUT2D eigenvalue weighted by Crippen LogP contribution is -2.14. The molecular formula is C13H10BrN3O3S. The first-order valence-electron chi connectivity index (χ1n) is 5.71. The van der Waals surface area contributed by atoms with E-state index in [1.165, 1.54) is 23.9 Å². The smallest absolute Gasteiger partial charge is 0.270 e. The number of rotatable bonds is 4. The molecule has 0 unspecified atom stereocenters. The van der Waals surface area contributed by atoms with Gasteiger partial charge in [0.05, 0.1) is 4.92 Å². The number of hydrogen-bond donors (Lipinski definition) is 2. The molecule has 6 nitrogen and oxygen atoms in total. The summed E-state index contributed by atoms with van der Waals surface area (Å²) in [5.41, 5.74) is 5.80. The molecule has 0 atom stereocenters. The van der Waals surface area contributed by atoms with Crippen LogP contribution in [0.15, 0.2) is 61.9 Å². The Hall–Kier alpha value is -2.06. The average Bonchev–Trinajstić information content (AvgIpc) is 2.46. The molecule has 2 aromatic rings. The van der Waals surface area contributed by atoms with Gasteiger partial charge in [0, 0.05) is 32.0 Å². The maximum Gasteiger partial charge on any atom is 0.270 e. The molecule has 0 fully saturated rings. The number of hydrogen-bond acceptors (Lipinski definition) is 5. The van der Waals surface area contributed by atoms with Gasteiger partial charge in [-0.25, -0.2) is 0 Å². The molecule has 0 aromatic heterocycles. The van der Waals surface area contributed by atoms with Gasteiger partial charge in [-0.1, -0.05) is 38.9 Å². The molecular weight excluding hydrogens is 358 g/mol. The van der Waals surface area contributed by atoms with Crippen LogP contribution in [-0.2, 0) is 0 Å². The largest absolute Gasteiger partial charge is 0.409 e. The van der Waals surface area contributed by atoms with Crippen molar-refractivity contribution in [3.05, 3.63) is 62.6 Å². The van der Waals surface area contributed by atoms with Crippen molar-refractivity contribution >= 4 is 39.2 Å². The first-order valence-corrected chi connectivity index (χ1v) is 7.32. The van der Waals surface area contributed by atoms with E-state index in [4.69, 9.17) is 10.9 Å². The number of oxime groups is 1. The number of benzene rings is 2. The van der Waals surface area contributed by atoms with Crippen LogP contribution in [-0.4, -0.2) is 16.0 Å². The summed E-state index contributed by atoms with van der Waals surface area (Å²) in [7, 11) is 0. The maximum absolute atomic E-state index is 10.8. The molecule has 2 aromatic carbocycles. The normalized spacial score (nSPS) is 11.4. The van der Waals surface area contributed by atoms with Gasteiger partial charge < -0.3 is 10.9 Å². The van der Waals surface area contributed by atoms with Gasteiger partial charge in [-0.15, -0.1) is 0 Å². The van der Waals surface area contributed by atoms with E-state index in [9.17, 15) is 10.1 Å². The van der Waals surface area contributed by atoms with Crippen molar-refractivity contribution in [2.75, 3.05) is 0 Å². The summed E-state index contributed by atoms with van der Waals surface area (Å²) in [4.78, 5) is 11.9. The van der Waals surface area contributed by atoms with Gasteiger partial charge in [-0.2, -0.15) is 0 Å². The van der Waals surface area contributed by atoms with Crippen molar-refractivity contribution in [2.24, 2.45) is 10.9 Å². The van der Waals surface area contributed by atoms with Crippen molar-refractivity contribution in [1.82, 2.24) is 0 Å². The predicted molar refractivity (Wildman–Crippen MR) is 83.9 cm³/mol. The number of nitrogens with zero attached hydrogens (tertiary/aromatic N) is 2. The number of halogens is 1. The molecule has 0 radical (unpaired) electrons. The molecule has 8 heteroatoms. The van der Waals surface area contributed by atoms with E-state index in [0.717, 1.165) is 9.37 Å². The topological polar surface area (TPSA) is 102 Å². The Morgan fingerprint density at radius 2 is 2.10 bits per heavy atom. The van der Waals surface area contributed by atoms with Crippen LogP contribution in [0, 0.1) is 10.1 Å². The van der Waals surface area contributed by atoms with E-state index >= 15 is 0 Å². The molecule has 0 saturated heterocycles. The highest BCUT2D eigenvalue weighted by molar-refractivity contribution is 9.10. The lowest BCUT2D eigenvalue weighted by Gasteiger charge is -2.08. The molecule has 0 aliphatic rings. The Bertz CT molecular complexity index is 722. The number of non-ortho nitro benzene ring substituents is 1. The van der Waals surface area contributed by atoms with Crippen molar-refractivity contribution in [3.8, 4) is 0 Å². The Labute approximate surface area is 132 Å². The van der Waals surface area contributed by atoms with Gasteiger partial charge in [0.25, 0.3) is 5.69 Å². The van der Waals surface area contributed by atoms with Gasteiger partial charge in [-0.05, 0) is 24.3 Å². The fraction of sp³-hybridized carbons (Fsp3) is 0. The highest BCUT2D eigenvalue weighted by atomic mass is 79.9. The van der Waals surface area contributed by atoms with E-state index in [1.54, 1.807) is 6.07 Å². The maximum atomic E-state index is 10.8. The molecule has 2 rings (SSSR count). The summed E-state index contributed by atoms with van der Waals surface area (Å²) >= 11 is 4.74. The van der Waals surface area contributed by atoms with Crippen molar-refractivity contribution in [1.29, 1.82) is 0 Å². The summed E-state index contributed by atoms with van der Waals surface area (Å²) in [5, 5.41) is 22.6. The molecule has 21 heavy (non-hydrogen) atoms. The van der Waals surface area contributed by atoms with Crippen LogP contribution in [0.4, 0.5) is 5.69 Å². The summed E-state index contributed by atoms with van der Waals surface area (Å²) in [5.74, 6) is -0.170. The number of amidine groups is 1. The molecule has 0 heterocycles. The van der Waals surface area contributed by atoms with Gasteiger partial charge in [-0.3, -0.25) is 10.1 Å². The zero-order chi connectivity index (χ0) is 15.4. The summed E-state index contributed by atoms with van der Waals surface area (Å²) in [6.07, 6.45) is 0. The minimum Gasteiger partial charge on any atom is -0.409 e. The highest BCUT2D eigenvalue weighted by Gasteiger charge is 2.15. The third kappa shape index (κ3) is 3.73. The van der Waals surface area contributed by atoms with Crippen LogP contribution >= 0.6 is 27.7 Å². The lowest BCUT2D eigenvalue weighted by atomic mass is 10.2.